The van der Waals surface area contributed by atoms with Gasteiger partial charge in [-0.15, -0.1) is 0 Å². The molecular weight excluding hydrogens is 315 g/mol. The highest BCUT2D eigenvalue weighted by atomic mass is 32.2. The standard InChI is InChI=1S/C15H14F3NO2S/c1-10-9-11(19(2)20)3-8-14(10)21-12-4-6-13(7-5-12)22-15(16,17)18/h3-9,20H,1-2H3. The third-order valence-corrected chi connectivity index (χ3v) is 3.56. The molecule has 0 saturated heterocycles. The highest BCUT2D eigenvalue weighted by Crippen LogP contribution is 2.37. The number of ether oxygens (including phenoxy) is 1. The number of benzene rings is 2. The minimum absolute atomic E-state index is 0.105. The van der Waals surface area contributed by atoms with Crippen LogP contribution in [0.5, 0.6) is 11.5 Å². The third kappa shape index (κ3) is 4.57. The second-order valence-electron chi connectivity index (χ2n) is 4.59. The average molecular weight is 329 g/mol. The van der Waals surface area contributed by atoms with Crippen LogP contribution in [0.4, 0.5) is 18.9 Å². The predicted octanol–water partition coefficient (Wildman–Crippen LogP) is 5.22. The van der Waals surface area contributed by atoms with Crippen molar-refractivity contribution >= 4 is 17.4 Å². The summed E-state index contributed by atoms with van der Waals surface area (Å²) < 4.78 is 42.4. The molecule has 0 radical (unpaired) electrons. The van der Waals surface area contributed by atoms with E-state index >= 15 is 0 Å². The van der Waals surface area contributed by atoms with Crippen molar-refractivity contribution in [3.63, 3.8) is 0 Å². The van der Waals surface area contributed by atoms with Crippen LogP contribution >= 0.6 is 11.8 Å². The topological polar surface area (TPSA) is 32.7 Å². The van der Waals surface area contributed by atoms with E-state index in [1.165, 1.54) is 31.3 Å². The number of rotatable bonds is 4. The second kappa shape index (κ2) is 6.50. The number of halogens is 3. The van der Waals surface area contributed by atoms with Crippen molar-refractivity contribution in [1.29, 1.82) is 0 Å². The van der Waals surface area contributed by atoms with E-state index in [2.05, 4.69) is 0 Å². The van der Waals surface area contributed by atoms with Gasteiger partial charge in [0.05, 0.1) is 5.69 Å². The summed E-state index contributed by atoms with van der Waals surface area (Å²) in [6.45, 7) is 1.82. The van der Waals surface area contributed by atoms with Crippen molar-refractivity contribution in [3.05, 3.63) is 48.0 Å². The number of alkyl halides is 3. The Morgan fingerprint density at radius 2 is 1.73 bits per heavy atom. The molecule has 2 rings (SSSR count). The van der Waals surface area contributed by atoms with Gasteiger partial charge in [0, 0.05) is 11.9 Å². The van der Waals surface area contributed by atoms with Gasteiger partial charge < -0.3 is 4.74 Å². The lowest BCUT2D eigenvalue weighted by molar-refractivity contribution is -0.0328. The Kier molecular flexibility index (Phi) is 4.87. The lowest BCUT2D eigenvalue weighted by Crippen LogP contribution is -2.09. The summed E-state index contributed by atoms with van der Waals surface area (Å²) >= 11 is -0.165. The summed E-state index contributed by atoms with van der Waals surface area (Å²) in [6.07, 6.45) is 0. The summed E-state index contributed by atoms with van der Waals surface area (Å²) in [4.78, 5) is 0.105. The van der Waals surface area contributed by atoms with Crippen LogP contribution in [0, 0.1) is 6.92 Å². The maximum Gasteiger partial charge on any atom is 0.446 e. The predicted molar refractivity (Wildman–Crippen MR) is 79.8 cm³/mol. The van der Waals surface area contributed by atoms with Crippen LogP contribution in [0.3, 0.4) is 0 Å². The Hall–Kier alpha value is -1.86. The summed E-state index contributed by atoms with van der Waals surface area (Å²) in [6, 6.07) is 10.8. The fourth-order valence-corrected chi connectivity index (χ4v) is 2.33. The Balaban J connectivity index is 2.11. The number of nitrogens with zero attached hydrogens (tertiary/aromatic N) is 1. The van der Waals surface area contributed by atoms with Crippen LogP contribution in [0.25, 0.3) is 0 Å². The maximum atomic E-state index is 12.3. The Bertz CT molecular complexity index is 642. The molecule has 0 amide bonds. The van der Waals surface area contributed by atoms with Crippen LogP contribution in [0.15, 0.2) is 47.4 Å². The minimum atomic E-state index is -4.30. The molecule has 0 atom stereocenters. The zero-order chi connectivity index (χ0) is 16.3. The zero-order valence-corrected chi connectivity index (χ0v) is 12.7. The van der Waals surface area contributed by atoms with Gasteiger partial charge in [0.15, 0.2) is 0 Å². The van der Waals surface area contributed by atoms with E-state index in [4.69, 9.17) is 4.74 Å². The molecule has 0 aliphatic rings. The largest absolute Gasteiger partial charge is 0.457 e. The Labute approximate surface area is 130 Å². The number of thioether (sulfide) groups is 1. The number of anilines is 1. The molecule has 22 heavy (non-hydrogen) atoms. The lowest BCUT2D eigenvalue weighted by Gasteiger charge is -2.14. The molecule has 0 spiro atoms. The van der Waals surface area contributed by atoms with Gasteiger partial charge in [0.2, 0.25) is 0 Å². The monoisotopic (exact) mass is 329 g/mol. The molecule has 7 heteroatoms. The van der Waals surface area contributed by atoms with E-state index in [-0.39, 0.29) is 16.7 Å². The average Bonchev–Trinajstić information content (AvgIpc) is 2.41. The fraction of sp³-hybridized carbons (Fsp3) is 0.200. The van der Waals surface area contributed by atoms with Gasteiger partial charge in [-0.3, -0.25) is 10.3 Å². The molecule has 2 aromatic carbocycles. The Morgan fingerprint density at radius 1 is 1.09 bits per heavy atom. The molecule has 0 aliphatic carbocycles. The van der Waals surface area contributed by atoms with E-state index in [0.717, 1.165) is 10.6 Å². The highest BCUT2D eigenvalue weighted by molar-refractivity contribution is 8.00. The summed E-state index contributed by atoms with van der Waals surface area (Å²) in [5.74, 6) is 1.02. The molecule has 0 bridgehead atoms. The first-order valence-electron chi connectivity index (χ1n) is 6.31. The van der Waals surface area contributed by atoms with Crippen LogP contribution < -0.4 is 9.80 Å². The molecule has 2 aromatic rings. The summed E-state index contributed by atoms with van der Waals surface area (Å²) in [5, 5.41) is 10.3. The molecule has 0 fully saturated rings. The van der Waals surface area contributed by atoms with E-state index < -0.39 is 5.51 Å². The molecular formula is C15H14F3NO2S. The van der Waals surface area contributed by atoms with Gasteiger partial charge in [-0.1, -0.05) is 0 Å². The van der Waals surface area contributed by atoms with Crippen LogP contribution in [0.2, 0.25) is 0 Å². The van der Waals surface area contributed by atoms with Gasteiger partial charge in [-0.25, -0.2) is 0 Å². The first-order valence-corrected chi connectivity index (χ1v) is 7.13. The minimum Gasteiger partial charge on any atom is -0.457 e. The molecule has 3 nitrogen and oxygen atoms in total. The van der Waals surface area contributed by atoms with E-state index in [1.54, 1.807) is 18.2 Å². The van der Waals surface area contributed by atoms with Crippen molar-refractivity contribution < 1.29 is 23.1 Å². The fourth-order valence-electron chi connectivity index (χ4n) is 1.79. The molecule has 118 valence electrons. The van der Waals surface area contributed by atoms with Crippen molar-refractivity contribution in [1.82, 2.24) is 0 Å². The number of hydrogen-bond donors (Lipinski definition) is 1. The van der Waals surface area contributed by atoms with E-state index in [1.807, 2.05) is 6.92 Å². The lowest BCUT2D eigenvalue weighted by atomic mass is 10.2. The quantitative estimate of drug-likeness (QED) is 0.615. The SMILES string of the molecule is Cc1cc(N(C)O)ccc1Oc1ccc(SC(F)(F)F)cc1. The molecule has 0 heterocycles. The van der Waals surface area contributed by atoms with Crippen molar-refractivity contribution in [2.24, 2.45) is 0 Å². The van der Waals surface area contributed by atoms with Crippen LogP contribution in [-0.4, -0.2) is 17.8 Å². The molecule has 0 unspecified atom stereocenters. The molecule has 1 N–H and O–H groups in total. The first kappa shape index (κ1) is 16.5. The summed E-state index contributed by atoms with van der Waals surface area (Å²) in [5.41, 5.74) is -2.89. The van der Waals surface area contributed by atoms with Crippen molar-refractivity contribution in [3.8, 4) is 11.5 Å². The summed E-state index contributed by atoms with van der Waals surface area (Å²) in [7, 11) is 1.51. The number of hydroxylamine groups is 1. The normalized spacial score (nSPS) is 11.4. The van der Waals surface area contributed by atoms with E-state index in [9.17, 15) is 18.4 Å². The van der Waals surface area contributed by atoms with Gasteiger partial charge in [-0.2, -0.15) is 13.2 Å². The van der Waals surface area contributed by atoms with Gasteiger partial charge in [-0.05, 0) is 66.7 Å². The van der Waals surface area contributed by atoms with Gasteiger partial charge >= 0.3 is 5.51 Å². The van der Waals surface area contributed by atoms with Crippen LogP contribution in [-0.2, 0) is 0 Å². The van der Waals surface area contributed by atoms with Crippen molar-refractivity contribution in [2.75, 3.05) is 12.1 Å². The zero-order valence-electron chi connectivity index (χ0n) is 11.9. The Morgan fingerprint density at radius 3 is 2.23 bits per heavy atom. The molecule has 0 aliphatic heterocycles. The van der Waals surface area contributed by atoms with Gasteiger partial charge in [0.25, 0.3) is 0 Å². The van der Waals surface area contributed by atoms with Crippen molar-refractivity contribution in [2.45, 2.75) is 17.3 Å². The first-order chi connectivity index (χ1) is 10.2. The third-order valence-electron chi connectivity index (χ3n) is 2.82. The molecule has 0 aromatic heterocycles. The van der Waals surface area contributed by atoms with Crippen LogP contribution in [0.1, 0.15) is 5.56 Å². The van der Waals surface area contributed by atoms with E-state index in [0.29, 0.717) is 17.2 Å². The highest BCUT2D eigenvalue weighted by Gasteiger charge is 2.29. The maximum absolute atomic E-state index is 12.3. The molecule has 0 saturated carbocycles. The second-order valence-corrected chi connectivity index (χ2v) is 5.73. The van der Waals surface area contributed by atoms with Gasteiger partial charge in [0.1, 0.15) is 11.5 Å². The number of hydrogen-bond acceptors (Lipinski definition) is 4. The smallest absolute Gasteiger partial charge is 0.446 e. The number of aryl methyl sites for hydroxylation is 1.